The van der Waals surface area contributed by atoms with E-state index in [-0.39, 0.29) is 5.54 Å². The van der Waals surface area contributed by atoms with Crippen LogP contribution in [0.1, 0.15) is 25.5 Å². The molecule has 84 valence electrons. The highest BCUT2D eigenvalue weighted by Gasteiger charge is 2.32. The Morgan fingerprint density at radius 1 is 1.27 bits per heavy atom. The highest BCUT2D eigenvalue weighted by atomic mass is 35.5. The van der Waals surface area contributed by atoms with Gasteiger partial charge in [-0.3, -0.25) is 0 Å². The average Bonchev–Trinajstić information content (AvgIpc) is 2.17. The zero-order chi connectivity index (χ0) is 11.6. The fraction of sp³-hybridized carbons (Fsp3) is 0.500. The van der Waals surface area contributed by atoms with E-state index in [1.165, 1.54) is 0 Å². The van der Waals surface area contributed by atoms with Gasteiger partial charge in [-0.15, -0.1) is 0 Å². The SMILES string of the molecule is CN(C)C(C)(C)C(O)c1ccccc1Cl. The predicted octanol–water partition coefficient (Wildman–Crippen LogP) is 2.71. The maximum absolute atomic E-state index is 10.3. The van der Waals surface area contributed by atoms with Crippen molar-refractivity contribution in [3.63, 3.8) is 0 Å². The summed E-state index contributed by atoms with van der Waals surface area (Å²) in [7, 11) is 3.89. The Balaban J connectivity index is 3.04. The van der Waals surface area contributed by atoms with Crippen LogP contribution in [-0.4, -0.2) is 29.6 Å². The molecule has 15 heavy (non-hydrogen) atoms. The summed E-state index contributed by atoms with van der Waals surface area (Å²) in [5, 5.41) is 10.9. The zero-order valence-corrected chi connectivity index (χ0v) is 10.4. The van der Waals surface area contributed by atoms with Gasteiger partial charge in [0.15, 0.2) is 0 Å². The fourth-order valence-corrected chi connectivity index (χ4v) is 1.56. The van der Waals surface area contributed by atoms with Crippen LogP contribution in [0.3, 0.4) is 0 Å². The number of hydrogen-bond acceptors (Lipinski definition) is 2. The van der Waals surface area contributed by atoms with Crippen LogP contribution >= 0.6 is 11.6 Å². The molecule has 1 unspecified atom stereocenters. The van der Waals surface area contributed by atoms with Gasteiger partial charge in [-0.1, -0.05) is 29.8 Å². The van der Waals surface area contributed by atoms with Gasteiger partial charge in [0.1, 0.15) is 0 Å². The van der Waals surface area contributed by atoms with Gasteiger partial charge in [0, 0.05) is 16.1 Å². The zero-order valence-electron chi connectivity index (χ0n) is 9.66. The third kappa shape index (κ3) is 2.51. The van der Waals surface area contributed by atoms with Gasteiger partial charge in [-0.2, -0.15) is 0 Å². The molecule has 3 heteroatoms. The molecule has 2 nitrogen and oxygen atoms in total. The van der Waals surface area contributed by atoms with Gasteiger partial charge in [-0.05, 0) is 34.0 Å². The number of aliphatic hydroxyl groups is 1. The van der Waals surface area contributed by atoms with Gasteiger partial charge in [-0.25, -0.2) is 0 Å². The second-order valence-corrected chi connectivity index (χ2v) is 4.88. The van der Waals surface area contributed by atoms with E-state index in [2.05, 4.69) is 0 Å². The quantitative estimate of drug-likeness (QED) is 0.859. The molecular formula is C12H18ClNO. The Morgan fingerprint density at radius 2 is 1.80 bits per heavy atom. The highest BCUT2D eigenvalue weighted by molar-refractivity contribution is 6.31. The van der Waals surface area contributed by atoms with Crippen molar-refractivity contribution in [3.05, 3.63) is 34.9 Å². The molecule has 0 saturated heterocycles. The first-order chi connectivity index (χ1) is 6.87. The lowest BCUT2D eigenvalue weighted by atomic mass is 9.90. The summed E-state index contributed by atoms with van der Waals surface area (Å²) in [4.78, 5) is 1.99. The number of hydrogen-bond donors (Lipinski definition) is 1. The first kappa shape index (κ1) is 12.5. The van der Waals surface area contributed by atoms with Crippen LogP contribution in [0.2, 0.25) is 5.02 Å². The second kappa shape index (κ2) is 4.52. The number of aliphatic hydroxyl groups excluding tert-OH is 1. The molecule has 0 saturated carbocycles. The van der Waals surface area contributed by atoms with Crippen molar-refractivity contribution in [2.24, 2.45) is 0 Å². The summed E-state index contributed by atoms with van der Waals surface area (Å²) in [6.07, 6.45) is -0.596. The smallest absolute Gasteiger partial charge is 0.0982 e. The number of nitrogens with zero attached hydrogens (tertiary/aromatic N) is 1. The van der Waals surface area contributed by atoms with Crippen molar-refractivity contribution in [3.8, 4) is 0 Å². The normalized spacial score (nSPS) is 14.3. The molecule has 0 aliphatic rings. The molecule has 1 aromatic carbocycles. The summed E-state index contributed by atoms with van der Waals surface area (Å²) < 4.78 is 0. The maximum atomic E-state index is 10.3. The summed E-state index contributed by atoms with van der Waals surface area (Å²) >= 11 is 6.05. The number of benzene rings is 1. The lowest BCUT2D eigenvalue weighted by Gasteiger charge is -2.37. The molecule has 1 rings (SSSR count). The standard InChI is InChI=1S/C12H18ClNO/c1-12(2,14(3)4)11(15)9-7-5-6-8-10(9)13/h5-8,11,15H,1-4H3. The minimum atomic E-state index is -0.596. The topological polar surface area (TPSA) is 23.5 Å². The molecule has 0 aromatic heterocycles. The molecule has 0 radical (unpaired) electrons. The van der Waals surface area contributed by atoms with E-state index in [0.717, 1.165) is 5.56 Å². The number of halogens is 1. The third-order valence-corrected chi connectivity index (χ3v) is 3.37. The van der Waals surface area contributed by atoms with Crippen molar-refractivity contribution < 1.29 is 5.11 Å². The second-order valence-electron chi connectivity index (χ2n) is 4.47. The Hall–Kier alpha value is -0.570. The summed E-state index contributed by atoms with van der Waals surface area (Å²) in [5.41, 5.74) is 0.434. The van der Waals surface area contributed by atoms with Gasteiger partial charge >= 0.3 is 0 Å². The van der Waals surface area contributed by atoms with Crippen molar-refractivity contribution in [1.82, 2.24) is 4.90 Å². The molecule has 0 aliphatic carbocycles. The van der Waals surface area contributed by atoms with Gasteiger partial charge in [0.2, 0.25) is 0 Å². The van der Waals surface area contributed by atoms with Crippen LogP contribution < -0.4 is 0 Å². The van der Waals surface area contributed by atoms with E-state index >= 15 is 0 Å². The lowest BCUT2D eigenvalue weighted by Crippen LogP contribution is -2.43. The van der Waals surface area contributed by atoms with Crippen LogP contribution in [0.15, 0.2) is 24.3 Å². The Morgan fingerprint density at radius 3 is 2.27 bits per heavy atom. The Bertz CT molecular complexity index is 336. The summed E-state index contributed by atoms with van der Waals surface area (Å²) in [5.74, 6) is 0. The number of rotatable bonds is 3. The minimum Gasteiger partial charge on any atom is -0.386 e. The highest BCUT2D eigenvalue weighted by Crippen LogP contribution is 2.33. The minimum absolute atomic E-state index is 0.342. The van der Waals surface area contributed by atoms with Crippen molar-refractivity contribution in [1.29, 1.82) is 0 Å². The monoisotopic (exact) mass is 227 g/mol. The lowest BCUT2D eigenvalue weighted by molar-refractivity contribution is 0.0165. The van der Waals surface area contributed by atoms with Crippen molar-refractivity contribution in [2.75, 3.05) is 14.1 Å². The molecule has 1 atom stereocenters. The van der Waals surface area contributed by atoms with Crippen LogP contribution in [0.5, 0.6) is 0 Å². The van der Waals surface area contributed by atoms with Crippen LogP contribution in [0.4, 0.5) is 0 Å². The summed E-state index contributed by atoms with van der Waals surface area (Å²) in [6, 6.07) is 7.40. The molecular weight excluding hydrogens is 210 g/mol. The van der Waals surface area contributed by atoms with E-state index in [1.807, 2.05) is 51.0 Å². The first-order valence-corrected chi connectivity index (χ1v) is 5.35. The predicted molar refractivity (Wildman–Crippen MR) is 64.2 cm³/mol. The molecule has 0 aliphatic heterocycles. The first-order valence-electron chi connectivity index (χ1n) is 4.97. The summed E-state index contributed by atoms with van der Waals surface area (Å²) in [6.45, 7) is 3.97. The van der Waals surface area contributed by atoms with Gasteiger partial charge in [0.25, 0.3) is 0 Å². The largest absolute Gasteiger partial charge is 0.386 e. The van der Waals surface area contributed by atoms with Crippen molar-refractivity contribution in [2.45, 2.75) is 25.5 Å². The van der Waals surface area contributed by atoms with E-state index < -0.39 is 6.10 Å². The molecule has 0 fully saturated rings. The maximum Gasteiger partial charge on any atom is 0.0982 e. The van der Waals surface area contributed by atoms with Gasteiger partial charge in [0.05, 0.1) is 6.10 Å². The number of likely N-dealkylation sites (N-methyl/N-ethyl adjacent to an activating group) is 1. The molecule has 0 heterocycles. The van der Waals surface area contributed by atoms with E-state index in [0.29, 0.717) is 5.02 Å². The van der Waals surface area contributed by atoms with Gasteiger partial charge < -0.3 is 10.0 Å². The van der Waals surface area contributed by atoms with E-state index in [9.17, 15) is 5.11 Å². The van der Waals surface area contributed by atoms with Crippen LogP contribution in [0, 0.1) is 0 Å². The fourth-order valence-electron chi connectivity index (χ4n) is 1.32. The van der Waals surface area contributed by atoms with Crippen molar-refractivity contribution >= 4 is 11.6 Å². The molecule has 0 amide bonds. The van der Waals surface area contributed by atoms with Crippen LogP contribution in [-0.2, 0) is 0 Å². The molecule has 1 aromatic rings. The average molecular weight is 228 g/mol. The molecule has 0 bridgehead atoms. The van der Waals surface area contributed by atoms with Crippen LogP contribution in [0.25, 0.3) is 0 Å². The third-order valence-electron chi connectivity index (χ3n) is 3.02. The Labute approximate surface area is 96.5 Å². The molecule has 1 N–H and O–H groups in total. The van der Waals surface area contributed by atoms with E-state index in [1.54, 1.807) is 6.07 Å². The molecule has 0 spiro atoms. The Kier molecular flexibility index (Phi) is 3.77. The van der Waals surface area contributed by atoms with E-state index in [4.69, 9.17) is 11.6 Å².